The van der Waals surface area contributed by atoms with Crippen molar-refractivity contribution in [3.63, 3.8) is 0 Å². The Kier molecular flexibility index (Phi) is 3.24. The molecule has 0 saturated carbocycles. The van der Waals surface area contributed by atoms with Gasteiger partial charge in [0.2, 0.25) is 0 Å². The lowest BCUT2D eigenvalue weighted by Gasteiger charge is -2.03. The maximum atomic E-state index is 11.0. The highest BCUT2D eigenvalue weighted by molar-refractivity contribution is 7.21. The molecule has 100 valence electrons. The third-order valence-electron chi connectivity index (χ3n) is 3.26. The standard InChI is InChI=1S/C16H13NO2S/c1-2-10-5-3-4-6-12(10)15-17-13-8-7-11(16(18)19)9-14(13)20-15/h3-9H,2H2,1H3,(H,18,19). The van der Waals surface area contributed by atoms with Gasteiger partial charge in [0.05, 0.1) is 15.8 Å². The van der Waals surface area contributed by atoms with Crippen molar-refractivity contribution < 1.29 is 9.90 Å². The quantitative estimate of drug-likeness (QED) is 0.782. The van der Waals surface area contributed by atoms with Crippen LogP contribution < -0.4 is 0 Å². The van der Waals surface area contributed by atoms with E-state index in [9.17, 15) is 4.79 Å². The molecule has 0 amide bonds. The summed E-state index contributed by atoms with van der Waals surface area (Å²) in [6.45, 7) is 2.12. The minimum absolute atomic E-state index is 0.302. The van der Waals surface area contributed by atoms with Gasteiger partial charge in [-0.1, -0.05) is 31.2 Å². The van der Waals surface area contributed by atoms with E-state index in [1.54, 1.807) is 18.2 Å². The molecule has 3 rings (SSSR count). The van der Waals surface area contributed by atoms with Crippen LogP contribution >= 0.6 is 11.3 Å². The Balaban J connectivity index is 2.15. The Hall–Kier alpha value is -2.20. The summed E-state index contributed by atoms with van der Waals surface area (Å²) >= 11 is 1.54. The molecule has 0 fully saturated rings. The zero-order valence-electron chi connectivity index (χ0n) is 11.0. The molecule has 0 saturated heterocycles. The fourth-order valence-electron chi connectivity index (χ4n) is 2.21. The summed E-state index contributed by atoms with van der Waals surface area (Å²) in [7, 11) is 0. The number of nitrogens with zero attached hydrogens (tertiary/aromatic N) is 1. The molecule has 4 heteroatoms. The molecule has 0 bridgehead atoms. The van der Waals surface area contributed by atoms with Crippen LogP contribution in [-0.4, -0.2) is 16.1 Å². The summed E-state index contributed by atoms with van der Waals surface area (Å²) in [5.41, 5.74) is 3.54. The normalized spacial score (nSPS) is 10.8. The average Bonchev–Trinajstić information content (AvgIpc) is 2.89. The smallest absolute Gasteiger partial charge is 0.335 e. The van der Waals surface area contributed by atoms with E-state index in [2.05, 4.69) is 24.0 Å². The Bertz CT molecular complexity index is 792. The van der Waals surface area contributed by atoms with Crippen LogP contribution in [0.1, 0.15) is 22.8 Å². The van der Waals surface area contributed by atoms with Gasteiger partial charge < -0.3 is 5.11 Å². The number of benzene rings is 2. The van der Waals surface area contributed by atoms with Crippen LogP contribution in [0.15, 0.2) is 42.5 Å². The summed E-state index contributed by atoms with van der Waals surface area (Å²) in [5.74, 6) is -0.907. The molecule has 0 radical (unpaired) electrons. The number of rotatable bonds is 3. The zero-order chi connectivity index (χ0) is 14.1. The number of hydrogen-bond donors (Lipinski definition) is 1. The van der Waals surface area contributed by atoms with Crippen molar-refractivity contribution in [1.29, 1.82) is 0 Å². The van der Waals surface area contributed by atoms with Crippen molar-refractivity contribution in [2.75, 3.05) is 0 Å². The highest BCUT2D eigenvalue weighted by Crippen LogP contribution is 2.32. The number of aromatic nitrogens is 1. The van der Waals surface area contributed by atoms with Crippen LogP contribution in [0, 0.1) is 0 Å². The number of hydrogen-bond acceptors (Lipinski definition) is 3. The van der Waals surface area contributed by atoms with E-state index in [0.717, 1.165) is 27.2 Å². The highest BCUT2D eigenvalue weighted by Gasteiger charge is 2.11. The monoisotopic (exact) mass is 283 g/mol. The predicted molar refractivity (Wildman–Crippen MR) is 81.4 cm³/mol. The molecular weight excluding hydrogens is 270 g/mol. The number of aryl methyl sites for hydroxylation is 1. The molecule has 3 aromatic rings. The van der Waals surface area contributed by atoms with Gasteiger partial charge in [-0.3, -0.25) is 0 Å². The predicted octanol–water partition coefficient (Wildman–Crippen LogP) is 4.22. The van der Waals surface area contributed by atoms with Crippen molar-refractivity contribution in [2.24, 2.45) is 0 Å². The summed E-state index contributed by atoms with van der Waals surface area (Å²) < 4.78 is 0.908. The summed E-state index contributed by atoms with van der Waals surface area (Å²) in [4.78, 5) is 15.6. The van der Waals surface area contributed by atoms with Gasteiger partial charge in [0.1, 0.15) is 5.01 Å². The molecule has 2 aromatic carbocycles. The van der Waals surface area contributed by atoms with Crippen molar-refractivity contribution >= 4 is 27.5 Å². The second kappa shape index (κ2) is 5.06. The Morgan fingerprint density at radius 1 is 1.25 bits per heavy atom. The average molecular weight is 283 g/mol. The first-order chi connectivity index (χ1) is 9.69. The molecule has 0 spiro atoms. The minimum atomic E-state index is -0.907. The van der Waals surface area contributed by atoms with Crippen LogP contribution in [0.2, 0.25) is 0 Å². The number of fused-ring (bicyclic) bond motifs is 1. The van der Waals surface area contributed by atoms with E-state index in [4.69, 9.17) is 5.11 Å². The molecular formula is C16H13NO2S. The molecule has 0 aliphatic heterocycles. The first-order valence-corrected chi connectivity index (χ1v) is 7.23. The Labute approximate surface area is 120 Å². The van der Waals surface area contributed by atoms with Crippen LogP contribution in [-0.2, 0) is 6.42 Å². The molecule has 1 heterocycles. The first-order valence-electron chi connectivity index (χ1n) is 6.41. The second-order valence-corrected chi connectivity index (χ2v) is 5.55. The van der Waals surface area contributed by atoms with E-state index >= 15 is 0 Å². The maximum Gasteiger partial charge on any atom is 0.335 e. The van der Waals surface area contributed by atoms with E-state index in [-0.39, 0.29) is 0 Å². The lowest BCUT2D eigenvalue weighted by Crippen LogP contribution is -1.94. The number of carboxylic acid groups (broad SMARTS) is 1. The summed E-state index contributed by atoms with van der Waals surface area (Å²) in [6.07, 6.45) is 0.951. The SMILES string of the molecule is CCc1ccccc1-c1nc2ccc(C(=O)O)cc2s1. The zero-order valence-corrected chi connectivity index (χ0v) is 11.8. The van der Waals surface area contributed by atoms with Gasteiger partial charge in [-0.15, -0.1) is 11.3 Å². The fourth-order valence-corrected chi connectivity index (χ4v) is 3.28. The third kappa shape index (κ3) is 2.18. The lowest BCUT2D eigenvalue weighted by molar-refractivity contribution is 0.0697. The largest absolute Gasteiger partial charge is 0.478 e. The van der Waals surface area contributed by atoms with Gasteiger partial charge in [0, 0.05) is 5.56 Å². The molecule has 20 heavy (non-hydrogen) atoms. The molecule has 0 unspecified atom stereocenters. The van der Waals surface area contributed by atoms with Crippen LogP contribution in [0.5, 0.6) is 0 Å². The molecule has 3 nitrogen and oxygen atoms in total. The van der Waals surface area contributed by atoms with E-state index in [0.29, 0.717) is 5.56 Å². The van der Waals surface area contributed by atoms with Gasteiger partial charge in [-0.25, -0.2) is 9.78 Å². The lowest BCUT2D eigenvalue weighted by atomic mass is 10.1. The van der Waals surface area contributed by atoms with E-state index in [1.165, 1.54) is 16.9 Å². The Morgan fingerprint density at radius 2 is 2.05 bits per heavy atom. The number of carbonyl (C=O) groups is 1. The van der Waals surface area contributed by atoms with Crippen LogP contribution in [0.4, 0.5) is 0 Å². The van der Waals surface area contributed by atoms with E-state index in [1.807, 2.05) is 12.1 Å². The van der Waals surface area contributed by atoms with Gasteiger partial charge in [-0.2, -0.15) is 0 Å². The highest BCUT2D eigenvalue weighted by atomic mass is 32.1. The van der Waals surface area contributed by atoms with E-state index < -0.39 is 5.97 Å². The summed E-state index contributed by atoms with van der Waals surface area (Å²) in [5, 5.41) is 9.98. The second-order valence-electron chi connectivity index (χ2n) is 4.52. The molecule has 1 aromatic heterocycles. The van der Waals surface area contributed by atoms with Gasteiger partial charge in [0.15, 0.2) is 0 Å². The van der Waals surface area contributed by atoms with Gasteiger partial charge >= 0.3 is 5.97 Å². The maximum absolute atomic E-state index is 11.0. The summed E-state index contributed by atoms with van der Waals surface area (Å²) in [6, 6.07) is 13.3. The van der Waals surface area contributed by atoms with Gasteiger partial charge in [-0.05, 0) is 30.2 Å². The molecule has 0 aliphatic rings. The van der Waals surface area contributed by atoms with Crippen molar-refractivity contribution in [2.45, 2.75) is 13.3 Å². The van der Waals surface area contributed by atoms with Crippen LogP contribution in [0.3, 0.4) is 0 Å². The van der Waals surface area contributed by atoms with Crippen molar-refractivity contribution in [3.8, 4) is 10.6 Å². The molecule has 1 N–H and O–H groups in total. The third-order valence-corrected chi connectivity index (χ3v) is 4.32. The fraction of sp³-hybridized carbons (Fsp3) is 0.125. The Morgan fingerprint density at radius 3 is 2.80 bits per heavy atom. The molecule has 0 atom stereocenters. The van der Waals surface area contributed by atoms with Crippen molar-refractivity contribution in [3.05, 3.63) is 53.6 Å². The number of thiazole rings is 1. The topological polar surface area (TPSA) is 50.2 Å². The van der Waals surface area contributed by atoms with Crippen molar-refractivity contribution in [1.82, 2.24) is 4.98 Å². The number of carboxylic acids is 1. The molecule has 0 aliphatic carbocycles. The van der Waals surface area contributed by atoms with Crippen LogP contribution in [0.25, 0.3) is 20.8 Å². The number of aromatic carboxylic acids is 1. The first kappa shape index (κ1) is 12.8. The minimum Gasteiger partial charge on any atom is -0.478 e. The van der Waals surface area contributed by atoms with Gasteiger partial charge in [0.25, 0.3) is 0 Å².